The Bertz CT molecular complexity index is 2090. The van der Waals surface area contributed by atoms with Crippen LogP contribution >= 0.6 is 0 Å². The topological polar surface area (TPSA) is 182 Å². The van der Waals surface area contributed by atoms with Crippen LogP contribution in [-0.2, 0) is 32.1 Å². The lowest BCUT2D eigenvalue weighted by atomic mass is 10.0. The molecule has 18 nitrogen and oxygen atoms in total. The molecule has 3 aromatic rings. The first-order valence-corrected chi connectivity index (χ1v) is 23.6. The van der Waals surface area contributed by atoms with E-state index in [0.29, 0.717) is 45.3 Å². The number of aliphatic hydroxyl groups is 1. The second-order valence-electron chi connectivity index (χ2n) is 17.4. The van der Waals surface area contributed by atoms with Gasteiger partial charge in [0.25, 0.3) is 0 Å². The van der Waals surface area contributed by atoms with Crippen LogP contribution in [0.25, 0.3) is 10.8 Å². The van der Waals surface area contributed by atoms with Crippen molar-refractivity contribution < 1.29 is 34.1 Å². The Kier molecular flexibility index (Phi) is 18.8. The summed E-state index contributed by atoms with van der Waals surface area (Å²) in [7, 11) is 0. The van der Waals surface area contributed by atoms with Crippen LogP contribution in [0.2, 0.25) is 0 Å². The van der Waals surface area contributed by atoms with E-state index in [1.165, 1.54) is 6.08 Å². The van der Waals surface area contributed by atoms with E-state index in [-0.39, 0.29) is 36.0 Å². The van der Waals surface area contributed by atoms with Gasteiger partial charge >= 0.3 is 6.01 Å². The van der Waals surface area contributed by atoms with Crippen LogP contribution in [0.5, 0.6) is 11.8 Å². The number of anilines is 2. The van der Waals surface area contributed by atoms with Gasteiger partial charge in [-0.3, -0.25) is 29.0 Å². The van der Waals surface area contributed by atoms with Crippen LogP contribution in [-0.4, -0.2) is 211 Å². The molecule has 0 aliphatic carbocycles. The van der Waals surface area contributed by atoms with Gasteiger partial charge in [-0.15, -0.1) is 0 Å². The number of amides is 4. The number of aromatic nitrogens is 2. The molecule has 0 atom stereocenters. The Morgan fingerprint density at radius 1 is 0.712 bits per heavy atom. The van der Waals surface area contributed by atoms with E-state index in [2.05, 4.69) is 37.6 Å². The zero-order valence-corrected chi connectivity index (χ0v) is 39.3. The van der Waals surface area contributed by atoms with Gasteiger partial charge in [0.05, 0.1) is 18.8 Å². The molecule has 66 heavy (non-hydrogen) atoms. The third-order valence-corrected chi connectivity index (χ3v) is 12.9. The summed E-state index contributed by atoms with van der Waals surface area (Å²) in [5.41, 5.74) is 3.02. The first kappa shape index (κ1) is 49.9. The smallest absolute Gasteiger partial charge is 0.318 e. The maximum Gasteiger partial charge on any atom is 0.318 e. The van der Waals surface area contributed by atoms with Gasteiger partial charge in [0.1, 0.15) is 11.6 Å². The predicted octanol–water partition coefficient (Wildman–Crippen LogP) is 1.64. The largest absolute Gasteiger partial charge is 0.508 e. The third kappa shape index (κ3) is 14.0. The van der Waals surface area contributed by atoms with E-state index in [1.807, 2.05) is 43.9 Å². The summed E-state index contributed by atoms with van der Waals surface area (Å²) in [6.45, 7) is 25.5. The van der Waals surface area contributed by atoms with Crippen molar-refractivity contribution in [2.24, 2.45) is 0 Å². The van der Waals surface area contributed by atoms with Crippen molar-refractivity contribution >= 4 is 45.9 Å². The summed E-state index contributed by atoms with van der Waals surface area (Å²) >= 11 is 0. The summed E-state index contributed by atoms with van der Waals surface area (Å²) in [6, 6.07) is 12.1. The van der Waals surface area contributed by atoms with Crippen molar-refractivity contribution in [3.05, 3.63) is 60.3 Å². The van der Waals surface area contributed by atoms with Crippen molar-refractivity contribution in [2.45, 2.75) is 46.6 Å². The fourth-order valence-corrected chi connectivity index (χ4v) is 9.02. The zero-order chi connectivity index (χ0) is 47.0. The van der Waals surface area contributed by atoms with Crippen molar-refractivity contribution in [3.63, 3.8) is 0 Å². The second-order valence-corrected chi connectivity index (χ2v) is 17.4. The van der Waals surface area contributed by atoms with Crippen molar-refractivity contribution in [3.8, 4) is 11.8 Å². The number of benzene rings is 2. The Balaban J connectivity index is 0.000000267. The van der Waals surface area contributed by atoms with E-state index in [4.69, 9.17) is 19.8 Å². The first-order chi connectivity index (χ1) is 31.9. The quantitative estimate of drug-likeness (QED) is 0.187. The molecular weight excluding hydrogens is 843 g/mol. The highest BCUT2D eigenvalue weighted by molar-refractivity contribution is 5.95. The van der Waals surface area contributed by atoms with Crippen LogP contribution in [0, 0.1) is 0 Å². The molecule has 0 bridgehead atoms. The van der Waals surface area contributed by atoms with Gasteiger partial charge in [-0.25, -0.2) is 0 Å². The number of rotatable bonds is 11. The Labute approximate surface area is 389 Å². The van der Waals surface area contributed by atoms with Crippen molar-refractivity contribution in [2.75, 3.05) is 147 Å². The number of hydrogen-bond donors (Lipinski definition) is 3. The molecular formula is C48H71N11O7. The molecule has 4 saturated heterocycles. The predicted molar refractivity (Wildman–Crippen MR) is 256 cm³/mol. The van der Waals surface area contributed by atoms with E-state index in [1.54, 1.807) is 26.8 Å². The van der Waals surface area contributed by atoms with Gasteiger partial charge in [0.2, 0.25) is 23.6 Å². The minimum Gasteiger partial charge on any atom is -0.508 e. The maximum absolute atomic E-state index is 12.2. The number of fused-ring (bicyclic) bond motifs is 2. The van der Waals surface area contributed by atoms with Crippen LogP contribution in [0.15, 0.2) is 49.1 Å². The minimum absolute atomic E-state index is 0.0462. The van der Waals surface area contributed by atoms with Crippen LogP contribution < -0.4 is 19.9 Å². The lowest BCUT2D eigenvalue weighted by Crippen LogP contribution is -2.49. The van der Waals surface area contributed by atoms with E-state index >= 15 is 0 Å². The molecule has 5 aliphatic heterocycles. The third-order valence-electron chi connectivity index (χ3n) is 12.9. The van der Waals surface area contributed by atoms with Gasteiger partial charge in [0.15, 0.2) is 0 Å². The van der Waals surface area contributed by atoms with Gasteiger partial charge in [-0.1, -0.05) is 30.8 Å². The molecule has 0 spiro atoms. The number of nitrogens with one attached hydrogen (secondary N) is 1. The number of carbonyl (C=O) groups is 4. The molecule has 4 amide bonds. The van der Waals surface area contributed by atoms with Crippen LogP contribution in [0.3, 0.4) is 0 Å². The van der Waals surface area contributed by atoms with E-state index in [9.17, 15) is 24.3 Å². The number of carbonyl (C=O) groups excluding carboxylic acids is 4. The highest BCUT2D eigenvalue weighted by Gasteiger charge is 2.29. The molecule has 4 fully saturated rings. The molecule has 0 unspecified atom stereocenters. The zero-order valence-electron chi connectivity index (χ0n) is 39.3. The fraction of sp³-hybridized carbons (Fsp3) is 0.583. The average molecular weight is 914 g/mol. The van der Waals surface area contributed by atoms with E-state index in [0.717, 1.165) is 151 Å². The minimum atomic E-state index is -0.0462. The van der Waals surface area contributed by atoms with E-state index < -0.39 is 0 Å². The summed E-state index contributed by atoms with van der Waals surface area (Å²) in [5.74, 6) is 1.58. The Hall–Kier alpha value is -5.56. The molecule has 0 radical (unpaired) electrons. The van der Waals surface area contributed by atoms with Gasteiger partial charge in [0, 0.05) is 174 Å². The molecule has 6 heterocycles. The van der Waals surface area contributed by atoms with Crippen molar-refractivity contribution in [1.29, 1.82) is 0 Å². The van der Waals surface area contributed by atoms with Crippen molar-refractivity contribution in [1.82, 2.24) is 44.7 Å². The standard InChI is InChI=1S/C33H41N7O4.C9H18N2O2.C6H12N2O/c1-3-31(43)38-16-18-39(19-17-38)32-28-9-11-40(30-22-26(42)21-25-7-4-5-8-27(25)30)23-29(28)34-33(35-32)44-20-6-10-36-12-14-37(15-13-36)24(2)41;1-9(13)11-6-4-10(5-7-11)3-2-8-12;1-6(9)8-4-2-7-3-5-8/h3-5,7-8,21-22,42H,1,6,9-20,23H2,2H3;12H,2-8H2,1H3;7H,2-5H2,1H3. The average Bonchev–Trinajstić information content (AvgIpc) is 3.34. The number of phenols is 1. The normalized spacial score (nSPS) is 18.1. The summed E-state index contributed by atoms with van der Waals surface area (Å²) < 4.78 is 6.18. The fourth-order valence-electron chi connectivity index (χ4n) is 9.02. The molecule has 5 aliphatic rings. The lowest BCUT2D eigenvalue weighted by molar-refractivity contribution is -0.131. The number of aromatic hydroxyl groups is 1. The molecule has 3 N–H and O–H groups in total. The highest BCUT2D eigenvalue weighted by Crippen LogP contribution is 2.36. The summed E-state index contributed by atoms with van der Waals surface area (Å²) in [4.78, 5) is 72.0. The number of ether oxygens (including phenoxy) is 1. The Morgan fingerprint density at radius 3 is 1.86 bits per heavy atom. The van der Waals surface area contributed by atoms with Crippen LogP contribution in [0.1, 0.15) is 44.9 Å². The summed E-state index contributed by atoms with van der Waals surface area (Å²) in [6.07, 6.45) is 3.80. The molecule has 1 aromatic heterocycles. The van der Waals surface area contributed by atoms with Gasteiger partial charge < -0.3 is 49.7 Å². The lowest BCUT2D eigenvalue weighted by Gasteiger charge is -2.38. The summed E-state index contributed by atoms with van der Waals surface area (Å²) in [5, 5.41) is 24.4. The molecule has 0 saturated carbocycles. The van der Waals surface area contributed by atoms with Gasteiger partial charge in [-0.05, 0) is 36.8 Å². The highest BCUT2D eigenvalue weighted by atomic mass is 16.5. The van der Waals surface area contributed by atoms with Crippen LogP contribution in [0.4, 0.5) is 11.5 Å². The monoisotopic (exact) mass is 914 g/mol. The molecule has 2 aromatic carbocycles. The van der Waals surface area contributed by atoms with Gasteiger partial charge in [-0.2, -0.15) is 9.97 Å². The Morgan fingerprint density at radius 2 is 1.29 bits per heavy atom. The number of nitrogens with zero attached hydrogens (tertiary/aromatic N) is 10. The molecule has 8 rings (SSSR count). The molecule has 18 heteroatoms. The first-order valence-electron chi connectivity index (χ1n) is 23.6. The number of phenolic OH excluding ortho intramolecular Hbond substituents is 1. The number of piperazine rings is 4. The number of hydrogen-bond acceptors (Lipinski definition) is 14. The molecule has 360 valence electrons. The number of aliphatic hydroxyl groups excluding tert-OH is 1. The SMILES string of the molecule is C=CC(=O)N1CCN(c2nc(OCCCN3CCN(C(C)=O)CC3)nc3c2CCN(c2cc(O)cc4ccccc24)C3)CC1.CC(=O)N1CCN(CCCO)CC1.CC(=O)N1CCNCC1. The maximum atomic E-state index is 12.2. The second kappa shape index (κ2) is 24.8.